The molecule has 1 aromatic rings. The molecule has 3 heterocycles. The van der Waals surface area contributed by atoms with Crippen LogP contribution < -0.4 is 5.32 Å². The molecule has 1 N–H and O–H groups in total. The first kappa shape index (κ1) is 17.5. The van der Waals surface area contributed by atoms with Crippen molar-refractivity contribution in [1.29, 1.82) is 0 Å². The molecule has 24 heavy (non-hydrogen) atoms. The monoisotopic (exact) mass is 414 g/mol. The van der Waals surface area contributed by atoms with E-state index in [1.54, 1.807) is 16.2 Å². The van der Waals surface area contributed by atoms with Gasteiger partial charge in [0.2, 0.25) is 0 Å². The van der Waals surface area contributed by atoms with Crippen LogP contribution in [0.2, 0.25) is 0 Å². The molecule has 3 rings (SSSR count). The summed E-state index contributed by atoms with van der Waals surface area (Å²) in [7, 11) is 0. The van der Waals surface area contributed by atoms with E-state index in [4.69, 9.17) is 4.74 Å². The van der Waals surface area contributed by atoms with Crippen molar-refractivity contribution in [1.82, 2.24) is 15.1 Å². The van der Waals surface area contributed by atoms with E-state index >= 15 is 0 Å². The van der Waals surface area contributed by atoms with Crippen molar-refractivity contribution in [2.45, 2.75) is 39.0 Å². The Hall–Kier alpha value is -1.28. The molecule has 0 aromatic carbocycles. The predicted molar refractivity (Wildman–Crippen MR) is 99.5 cm³/mol. The van der Waals surface area contributed by atoms with Gasteiger partial charge in [-0.2, -0.15) is 0 Å². The summed E-state index contributed by atoms with van der Waals surface area (Å²) in [4.78, 5) is 22.2. The number of aliphatic imine (C=N–C) groups is 1. The number of guanidine groups is 1. The van der Waals surface area contributed by atoms with Crippen LogP contribution in [0.1, 0.15) is 25.6 Å². The molecule has 0 aliphatic carbocycles. The number of carbonyl (C=O) groups excluding carboxylic acids is 1. The first-order chi connectivity index (χ1) is 11.3. The second-order valence-corrected chi connectivity index (χ2v) is 8.93. The molecule has 1 atom stereocenters. The number of carbonyl (C=O) groups is 1. The van der Waals surface area contributed by atoms with Crippen molar-refractivity contribution in [2.75, 3.05) is 26.2 Å². The second kappa shape index (κ2) is 6.92. The average molecular weight is 415 g/mol. The van der Waals surface area contributed by atoms with E-state index in [0.29, 0.717) is 13.1 Å². The Morgan fingerprint density at radius 2 is 2.29 bits per heavy atom. The van der Waals surface area contributed by atoms with Crippen LogP contribution in [0.25, 0.3) is 0 Å². The Balaban J connectivity index is 1.52. The molecule has 8 heteroatoms. The summed E-state index contributed by atoms with van der Waals surface area (Å²) >= 11 is 5.19. The molecule has 1 aromatic heterocycles. The van der Waals surface area contributed by atoms with Gasteiger partial charge in [0, 0.05) is 34.4 Å². The van der Waals surface area contributed by atoms with Gasteiger partial charge in [-0.25, -0.2) is 4.79 Å². The normalized spacial score (nSPS) is 20.7. The van der Waals surface area contributed by atoms with E-state index in [9.17, 15) is 4.79 Å². The molecule has 6 nitrogen and oxygen atoms in total. The molecular weight excluding hydrogens is 392 g/mol. The number of nitrogens with zero attached hydrogens (tertiary/aromatic N) is 3. The smallest absolute Gasteiger partial charge is 0.410 e. The van der Waals surface area contributed by atoms with Crippen LogP contribution in [0.4, 0.5) is 4.79 Å². The number of nitrogens with one attached hydrogen (secondary N) is 1. The van der Waals surface area contributed by atoms with Crippen LogP contribution in [0.15, 0.2) is 20.9 Å². The van der Waals surface area contributed by atoms with Gasteiger partial charge in [0.15, 0.2) is 5.96 Å². The van der Waals surface area contributed by atoms with Gasteiger partial charge in [-0.15, -0.1) is 11.3 Å². The number of hydrogen-bond donors (Lipinski definition) is 1. The largest absolute Gasteiger partial charge is 0.444 e. The molecule has 2 aliphatic rings. The van der Waals surface area contributed by atoms with Crippen LogP contribution in [0.5, 0.6) is 0 Å². The Morgan fingerprint density at radius 3 is 2.96 bits per heavy atom. The van der Waals surface area contributed by atoms with Crippen molar-refractivity contribution in [2.24, 2.45) is 4.99 Å². The van der Waals surface area contributed by atoms with Crippen molar-refractivity contribution < 1.29 is 9.53 Å². The quantitative estimate of drug-likeness (QED) is 0.807. The van der Waals surface area contributed by atoms with Gasteiger partial charge in [0.25, 0.3) is 0 Å². The molecule has 2 aliphatic heterocycles. The highest BCUT2D eigenvalue weighted by atomic mass is 79.9. The highest BCUT2D eigenvalue weighted by Gasteiger charge is 2.36. The lowest BCUT2D eigenvalue weighted by molar-refractivity contribution is 0.0137. The van der Waals surface area contributed by atoms with Crippen LogP contribution in [-0.2, 0) is 11.3 Å². The molecule has 0 bridgehead atoms. The number of fused-ring (bicyclic) bond motifs is 1. The zero-order chi connectivity index (χ0) is 17.3. The Kier molecular flexibility index (Phi) is 5.05. The van der Waals surface area contributed by atoms with Gasteiger partial charge in [0.05, 0.1) is 19.1 Å². The van der Waals surface area contributed by atoms with Gasteiger partial charge in [0.1, 0.15) is 5.60 Å². The zero-order valence-electron chi connectivity index (χ0n) is 14.2. The molecule has 1 amide bonds. The lowest BCUT2D eigenvalue weighted by Gasteiger charge is -2.39. The van der Waals surface area contributed by atoms with Crippen LogP contribution >= 0.6 is 27.3 Å². The molecule has 132 valence electrons. The summed E-state index contributed by atoms with van der Waals surface area (Å²) in [6.07, 6.45) is -0.230. The third-order valence-electron chi connectivity index (χ3n) is 3.90. The number of rotatable bonds is 2. The third kappa shape index (κ3) is 4.22. The van der Waals surface area contributed by atoms with Crippen molar-refractivity contribution in [3.05, 3.63) is 20.8 Å². The minimum atomic E-state index is -0.456. The van der Waals surface area contributed by atoms with Crippen molar-refractivity contribution >= 4 is 39.3 Å². The summed E-state index contributed by atoms with van der Waals surface area (Å²) in [5, 5.41) is 5.50. The Morgan fingerprint density at radius 1 is 1.50 bits per heavy atom. The Bertz CT molecular complexity index is 640. The number of amides is 1. The van der Waals surface area contributed by atoms with E-state index in [-0.39, 0.29) is 12.1 Å². The maximum atomic E-state index is 12.2. The van der Waals surface area contributed by atoms with Crippen molar-refractivity contribution in [3.63, 3.8) is 0 Å². The first-order valence-electron chi connectivity index (χ1n) is 8.07. The fourth-order valence-corrected chi connectivity index (χ4v) is 4.23. The maximum Gasteiger partial charge on any atom is 0.410 e. The molecule has 1 saturated heterocycles. The fraction of sp³-hybridized carbons (Fsp3) is 0.625. The highest BCUT2D eigenvalue weighted by Crippen LogP contribution is 2.21. The van der Waals surface area contributed by atoms with E-state index in [1.165, 1.54) is 4.88 Å². The number of piperazine rings is 1. The number of hydrogen-bond acceptors (Lipinski definition) is 6. The topological polar surface area (TPSA) is 57.2 Å². The molecule has 0 saturated carbocycles. The molecule has 1 fully saturated rings. The standard InChI is InChI=1S/C16H23BrN4O2S/c1-16(2,3)23-15(22)20-4-5-21-12(9-20)7-18-14(21)19-8-13-6-11(17)10-24-13/h6,10,12H,4-5,7-9H2,1-3H3,(H,18,19). The SMILES string of the molecule is CC(C)(C)OC(=O)N1CCN2C(NCc3cc(Br)cs3)=NCC2C1. The molecule has 0 spiro atoms. The highest BCUT2D eigenvalue weighted by molar-refractivity contribution is 9.10. The second-order valence-electron chi connectivity index (χ2n) is 7.02. The summed E-state index contributed by atoms with van der Waals surface area (Å²) in [6.45, 7) is 9.28. The lowest BCUT2D eigenvalue weighted by atomic mass is 10.2. The zero-order valence-corrected chi connectivity index (χ0v) is 16.6. The van der Waals surface area contributed by atoms with E-state index in [0.717, 1.165) is 30.1 Å². The molecular formula is C16H23BrN4O2S. The van der Waals surface area contributed by atoms with Gasteiger partial charge >= 0.3 is 6.09 Å². The lowest BCUT2D eigenvalue weighted by Crippen LogP contribution is -2.57. The number of halogens is 1. The van der Waals surface area contributed by atoms with Crippen LogP contribution in [0, 0.1) is 0 Å². The van der Waals surface area contributed by atoms with Gasteiger partial charge in [-0.05, 0) is 42.8 Å². The molecule has 1 unspecified atom stereocenters. The summed E-state index contributed by atoms with van der Waals surface area (Å²) in [5.74, 6) is 0.938. The minimum Gasteiger partial charge on any atom is -0.444 e. The summed E-state index contributed by atoms with van der Waals surface area (Å²) < 4.78 is 6.59. The van der Waals surface area contributed by atoms with Crippen LogP contribution in [-0.4, -0.2) is 59.7 Å². The van der Waals surface area contributed by atoms with Gasteiger partial charge in [-0.3, -0.25) is 4.99 Å². The maximum absolute atomic E-state index is 12.2. The Labute approximate surface area is 155 Å². The van der Waals surface area contributed by atoms with Crippen molar-refractivity contribution in [3.8, 4) is 0 Å². The van der Waals surface area contributed by atoms with E-state index < -0.39 is 5.60 Å². The van der Waals surface area contributed by atoms with Crippen LogP contribution in [0.3, 0.4) is 0 Å². The van der Waals surface area contributed by atoms with E-state index in [1.807, 2.05) is 20.8 Å². The summed E-state index contributed by atoms with van der Waals surface area (Å²) in [6, 6.07) is 2.36. The number of ether oxygens (including phenoxy) is 1. The first-order valence-corrected chi connectivity index (χ1v) is 9.75. The van der Waals surface area contributed by atoms with E-state index in [2.05, 4.69) is 42.6 Å². The summed E-state index contributed by atoms with van der Waals surface area (Å²) in [5.41, 5.74) is -0.456. The van der Waals surface area contributed by atoms with Gasteiger partial charge < -0.3 is 19.9 Å². The fourth-order valence-electron chi connectivity index (χ4n) is 2.84. The van der Waals surface area contributed by atoms with Gasteiger partial charge in [-0.1, -0.05) is 0 Å². The average Bonchev–Trinajstić information content (AvgIpc) is 3.08. The third-order valence-corrected chi connectivity index (χ3v) is 5.60. The predicted octanol–water partition coefficient (Wildman–Crippen LogP) is 2.89. The number of thiophene rings is 1. The molecule has 0 radical (unpaired) electrons. The minimum absolute atomic E-state index is 0.230.